The van der Waals surface area contributed by atoms with Crippen LogP contribution in [0.3, 0.4) is 0 Å². The van der Waals surface area contributed by atoms with Crippen molar-refractivity contribution in [2.45, 2.75) is 179 Å². The van der Waals surface area contributed by atoms with Crippen LogP contribution in [0.2, 0.25) is 0 Å². The van der Waals surface area contributed by atoms with E-state index in [1.54, 1.807) is 0 Å². The quantitative estimate of drug-likeness (QED) is 0.0515. The van der Waals surface area contributed by atoms with E-state index in [1.807, 2.05) is 0 Å². The molecule has 4 aliphatic carbocycles. The number of nitriles is 2. The Hall–Kier alpha value is -5.10. The number of carbonyl (C=O) groups excluding carboxylic acids is 2. The van der Waals surface area contributed by atoms with E-state index in [9.17, 15) is 19.8 Å². The van der Waals surface area contributed by atoms with Gasteiger partial charge in [0.25, 0.3) is 0 Å². The molecular formula is C36H70Cr2N14O17. The van der Waals surface area contributed by atoms with Crippen LogP contribution in [0.1, 0.15) is 130 Å². The molecule has 2 radical (unpaired) electrons. The molecule has 0 aromatic heterocycles. The average molecular weight is 1080 g/mol. The molecule has 0 aliphatic heterocycles. The Morgan fingerprint density at radius 3 is 0.522 bits per heavy atom. The van der Waals surface area contributed by atoms with Crippen molar-refractivity contribution < 1.29 is 80.3 Å². The molecule has 0 unspecified atom stereocenters. The molecule has 398 valence electrons. The first kappa shape index (κ1) is 83.9. The van der Waals surface area contributed by atoms with Gasteiger partial charge in [0.05, 0.1) is 31.5 Å². The van der Waals surface area contributed by atoms with Crippen LogP contribution in [0.25, 0.3) is 0 Å². The maximum Gasteiger partial charge on any atom is 3.00 e. The molecule has 4 fully saturated rings. The summed E-state index contributed by atoms with van der Waals surface area (Å²) in [5.41, 5.74) is 44.7. The Morgan fingerprint density at radius 1 is 0.391 bits per heavy atom. The van der Waals surface area contributed by atoms with Gasteiger partial charge in [-0.05, 0) is 65.2 Å². The second kappa shape index (κ2) is 53.9. The fourth-order valence-electron chi connectivity index (χ4n) is 5.56. The first-order valence-electron chi connectivity index (χ1n) is 20.2. The Balaban J connectivity index is -0.0000000836. The molecule has 0 saturated heterocycles. The smallest absolute Gasteiger partial charge is 0.875 e. The van der Waals surface area contributed by atoms with Crippen molar-refractivity contribution in [3.8, 4) is 12.1 Å². The molecule has 18 N–H and O–H groups in total. The molecule has 4 aliphatic rings. The minimum Gasteiger partial charge on any atom is -0.875 e. The summed E-state index contributed by atoms with van der Waals surface area (Å²) in [6.45, 7) is 4.78. The number of nitrogens with zero attached hydrogens (tertiary/aromatic N) is 6. The van der Waals surface area contributed by atoms with Crippen molar-refractivity contribution in [2.24, 2.45) is 45.9 Å². The van der Waals surface area contributed by atoms with E-state index in [-0.39, 0.29) is 99.7 Å². The second-order valence-corrected chi connectivity index (χ2v) is 14.5. The van der Waals surface area contributed by atoms with E-state index in [4.69, 9.17) is 118 Å². The van der Waals surface area contributed by atoms with Gasteiger partial charge < -0.3 is 123 Å². The zero-order valence-electron chi connectivity index (χ0n) is 39.1. The fraction of sp³-hybridized carbons (Fsp3) is 0.778. The number of ketones is 2. The molecule has 4 rings (SSSR count). The fourth-order valence-corrected chi connectivity index (χ4v) is 5.56. The van der Waals surface area contributed by atoms with Crippen molar-refractivity contribution >= 4 is 11.6 Å². The van der Waals surface area contributed by atoms with Crippen LogP contribution in [0.15, 0.2) is 22.7 Å². The van der Waals surface area contributed by atoms with Gasteiger partial charge in [0.1, 0.15) is 12.1 Å². The molecule has 0 heterocycles. The number of hydrogen-bond donors (Lipinski definition) is 8. The summed E-state index contributed by atoms with van der Waals surface area (Å²) < 4.78 is 0. The third-order valence-electron chi connectivity index (χ3n) is 9.13. The third kappa shape index (κ3) is 67.2. The zero-order valence-corrected chi connectivity index (χ0v) is 41.6. The van der Waals surface area contributed by atoms with Gasteiger partial charge in [0.15, 0.2) is 11.6 Å². The number of carbonyl (C=O) groups is 2. The van der Waals surface area contributed by atoms with E-state index < -0.39 is 43.4 Å². The van der Waals surface area contributed by atoms with Gasteiger partial charge in [-0.15, -0.1) is 11.5 Å². The summed E-state index contributed by atoms with van der Waals surface area (Å²) in [6, 6.07) is 5.29. The van der Waals surface area contributed by atoms with E-state index in [0.717, 1.165) is 51.4 Å². The van der Waals surface area contributed by atoms with Crippen LogP contribution >= 0.6 is 0 Å². The first-order valence-corrected chi connectivity index (χ1v) is 20.2. The van der Waals surface area contributed by atoms with Crippen LogP contribution in [0.5, 0.6) is 0 Å². The molecule has 8 atom stereocenters. The largest absolute Gasteiger partial charge is 3.00 e. The minimum atomic E-state index is -1.75. The van der Waals surface area contributed by atoms with Crippen molar-refractivity contribution in [1.82, 2.24) is 0 Å². The summed E-state index contributed by atoms with van der Waals surface area (Å²) in [7, 11) is 0. The predicted octanol–water partition coefficient (Wildman–Crippen LogP) is -1.46. The van der Waals surface area contributed by atoms with E-state index in [1.165, 1.54) is 91.2 Å². The molecule has 69 heavy (non-hydrogen) atoms. The molecule has 0 aromatic rings. The Labute approximate surface area is 421 Å². The van der Waals surface area contributed by atoms with Gasteiger partial charge in [-0.3, -0.25) is 9.59 Å². The Kier molecular flexibility index (Phi) is 65.5. The molecule has 0 bridgehead atoms. The number of allylic oxidation sites excluding steroid dienone is 4. The van der Waals surface area contributed by atoms with Crippen LogP contribution < -0.4 is 56.1 Å². The van der Waals surface area contributed by atoms with Crippen molar-refractivity contribution in [3.63, 3.8) is 0 Å². The molecule has 0 spiro atoms. The topological polar surface area (TPSA) is 632 Å². The average Bonchev–Trinajstić information content (AvgIpc) is 3.17. The summed E-state index contributed by atoms with van der Waals surface area (Å²) in [5.74, 6) is -1.87. The van der Waals surface area contributed by atoms with Crippen LogP contribution in [-0.4, -0.2) is 85.7 Å². The van der Waals surface area contributed by atoms with Gasteiger partial charge in [-0.25, -0.2) is 0 Å². The van der Waals surface area contributed by atoms with Gasteiger partial charge in [0, 0.05) is 48.3 Å². The van der Waals surface area contributed by atoms with Gasteiger partial charge in [0.2, 0.25) is 0 Å². The zero-order chi connectivity index (χ0) is 53.1. The van der Waals surface area contributed by atoms with Gasteiger partial charge >= 0.3 is 34.7 Å². The van der Waals surface area contributed by atoms with Gasteiger partial charge in [-0.2, -0.15) is 10.5 Å². The van der Waals surface area contributed by atoms with E-state index in [0.29, 0.717) is 0 Å². The SMILES string of the molecule is CC(=O)/C(C#N)=C(/C)[O-].CC(=O)/C(C#N)=C(/C)[O-].N[C@@H]1CCCC[C@H]1N.N[C@@H]1CCCC[C@H]1N.N[C@@H]1CCCC[C@H]1N.N[C@@H]1CCCC[C@H]1N.O.O=[N+]([O-])[O-].O=[N+]([O-])[O-].O=[N+]([O-])[O-].O=[N+]([O-])[O-].[Cr+3].[Cr+3]. The number of rotatable bonds is 2. The maximum atomic E-state index is 10.3. The summed E-state index contributed by atoms with van der Waals surface area (Å²) >= 11 is 0. The minimum absolute atomic E-state index is 0. The second-order valence-electron chi connectivity index (χ2n) is 14.5. The molecule has 4 saturated carbocycles. The monoisotopic (exact) mass is 1070 g/mol. The summed E-state index contributed by atoms with van der Waals surface area (Å²) in [6.07, 6.45) is 19.2. The first-order chi connectivity index (χ1) is 30.3. The van der Waals surface area contributed by atoms with Crippen molar-refractivity contribution in [2.75, 3.05) is 0 Å². The van der Waals surface area contributed by atoms with Crippen LogP contribution in [0, 0.1) is 83.9 Å². The normalized spacial score (nSPS) is 22.9. The third-order valence-corrected chi connectivity index (χ3v) is 9.13. The van der Waals surface area contributed by atoms with Crippen LogP contribution in [0.4, 0.5) is 0 Å². The summed E-state index contributed by atoms with van der Waals surface area (Å²) in [5, 5.41) is 95.9. The molecule has 31 nitrogen and oxygen atoms in total. The Morgan fingerprint density at radius 2 is 0.493 bits per heavy atom. The molecule has 0 amide bonds. The van der Waals surface area contributed by atoms with Crippen molar-refractivity contribution in [3.05, 3.63) is 84.0 Å². The maximum absolute atomic E-state index is 10.3. The Bertz CT molecular complexity index is 1310. The number of nitrogens with two attached hydrogens (primary N) is 8. The summed E-state index contributed by atoms with van der Waals surface area (Å²) in [4.78, 5) is 53.7. The van der Waals surface area contributed by atoms with Crippen molar-refractivity contribution in [1.29, 1.82) is 10.5 Å². The predicted molar refractivity (Wildman–Crippen MR) is 241 cm³/mol. The molecule has 33 heteroatoms. The van der Waals surface area contributed by atoms with Crippen LogP contribution in [-0.2, 0) is 44.3 Å². The van der Waals surface area contributed by atoms with E-state index in [2.05, 4.69) is 0 Å². The number of hydrogen-bond acceptors (Lipinski definition) is 26. The standard InChI is InChI=1S/4C6H14N2.2C6H7NO2.2Cr.4NO3.H2O/c4*7-5-3-1-2-4-6(5)8;2*1-4(8)6(3-7)5(2)9;;;4*2-1(3)4;/h4*5-6H,1-4,7-8H2;2*8H,1-2H3;;;;;;;1H2/q;;;;;;2*+3;4*-1;/p-2/b;;;;2*6-4-;;;;;;;/t4*5-,6-;;;;;;;;;/m1111........./s1. The number of Topliss-reactive ketones (excluding diaryl/α,β-unsaturated/α-hetero) is 2. The van der Waals surface area contributed by atoms with Gasteiger partial charge in [-0.1, -0.05) is 65.2 Å². The molecular weight excluding hydrogens is 1000 g/mol. The van der Waals surface area contributed by atoms with E-state index >= 15 is 0 Å². The molecule has 0 aromatic carbocycles.